The van der Waals surface area contributed by atoms with Gasteiger partial charge in [0.1, 0.15) is 5.75 Å². The normalized spacial score (nSPS) is 9.47. The topological polar surface area (TPSA) is 78.6 Å². The average Bonchev–Trinajstić information content (AvgIpc) is 2.25. The van der Waals surface area contributed by atoms with Gasteiger partial charge in [-0.2, -0.15) is 0 Å². The maximum atomic E-state index is 11.3. The highest BCUT2D eigenvalue weighted by Crippen LogP contribution is 2.14. The van der Waals surface area contributed by atoms with Crippen LogP contribution in [-0.2, 0) is 14.3 Å². The Morgan fingerprint density at radius 1 is 1.41 bits per heavy atom. The first-order valence-electron chi connectivity index (χ1n) is 4.88. The molecule has 0 heterocycles. The molecule has 0 radical (unpaired) electrons. The molecule has 0 bridgehead atoms. The Labute approximate surface area is 98.8 Å². The van der Waals surface area contributed by atoms with E-state index in [-0.39, 0.29) is 5.57 Å². The molecule has 1 aromatic carbocycles. The number of nitrogens with two attached hydrogens (primary N) is 1. The third-order valence-corrected chi connectivity index (χ3v) is 1.76. The summed E-state index contributed by atoms with van der Waals surface area (Å²) in [5, 5.41) is 0. The molecule has 0 aromatic heterocycles. The number of esters is 2. The lowest BCUT2D eigenvalue weighted by Crippen LogP contribution is -2.19. The molecule has 0 saturated heterocycles. The molecule has 0 amide bonds. The van der Waals surface area contributed by atoms with Gasteiger partial charge in [-0.1, -0.05) is 12.6 Å². The molecule has 0 aliphatic rings. The number of ether oxygens (including phenoxy) is 2. The van der Waals surface area contributed by atoms with Crippen molar-refractivity contribution in [1.29, 1.82) is 0 Å². The van der Waals surface area contributed by atoms with Crippen molar-refractivity contribution in [1.82, 2.24) is 0 Å². The van der Waals surface area contributed by atoms with Crippen LogP contribution in [0.2, 0.25) is 0 Å². The largest absolute Gasteiger partial charge is 0.450 e. The number of hydrogen-bond acceptors (Lipinski definition) is 5. The standard InChI is InChI=1S/C12H13NO4/c1-8(2)12(15)16-7-11(14)17-10-5-3-4-9(13)6-10/h3-6H,1,7,13H2,2H3. The second kappa shape index (κ2) is 5.69. The van der Waals surface area contributed by atoms with E-state index in [4.69, 9.17) is 10.5 Å². The van der Waals surface area contributed by atoms with Crippen LogP contribution in [0, 0.1) is 0 Å². The van der Waals surface area contributed by atoms with E-state index in [0.29, 0.717) is 11.4 Å². The van der Waals surface area contributed by atoms with Gasteiger partial charge in [0.2, 0.25) is 0 Å². The molecule has 0 saturated carbocycles. The number of benzene rings is 1. The van der Waals surface area contributed by atoms with Crippen molar-refractivity contribution in [3.8, 4) is 5.75 Å². The third-order valence-electron chi connectivity index (χ3n) is 1.76. The first-order valence-corrected chi connectivity index (χ1v) is 4.88. The Morgan fingerprint density at radius 3 is 2.71 bits per heavy atom. The van der Waals surface area contributed by atoms with E-state index in [1.54, 1.807) is 18.2 Å². The van der Waals surface area contributed by atoms with Crippen LogP contribution in [-0.4, -0.2) is 18.5 Å². The number of hydrogen-bond donors (Lipinski definition) is 1. The molecule has 2 N–H and O–H groups in total. The molecule has 0 aliphatic heterocycles. The molecular weight excluding hydrogens is 222 g/mol. The summed E-state index contributed by atoms with van der Waals surface area (Å²) in [6.45, 7) is 4.42. The Bertz CT molecular complexity index is 454. The number of carbonyl (C=O) groups is 2. The molecule has 0 aliphatic carbocycles. The van der Waals surface area contributed by atoms with Crippen LogP contribution in [0.4, 0.5) is 5.69 Å². The molecule has 5 nitrogen and oxygen atoms in total. The van der Waals surface area contributed by atoms with Gasteiger partial charge in [-0.3, -0.25) is 0 Å². The van der Waals surface area contributed by atoms with E-state index in [1.165, 1.54) is 13.0 Å². The van der Waals surface area contributed by atoms with Crippen molar-refractivity contribution in [2.45, 2.75) is 6.92 Å². The fourth-order valence-electron chi connectivity index (χ4n) is 0.987. The fourth-order valence-corrected chi connectivity index (χ4v) is 0.987. The van der Waals surface area contributed by atoms with Crippen LogP contribution in [0.3, 0.4) is 0 Å². The zero-order valence-corrected chi connectivity index (χ0v) is 9.43. The minimum Gasteiger partial charge on any atom is -0.450 e. The Morgan fingerprint density at radius 2 is 2.12 bits per heavy atom. The summed E-state index contributed by atoms with van der Waals surface area (Å²) in [5.74, 6) is -0.999. The van der Waals surface area contributed by atoms with Crippen LogP contribution in [0.15, 0.2) is 36.4 Å². The van der Waals surface area contributed by atoms with Gasteiger partial charge < -0.3 is 15.2 Å². The number of nitrogen functional groups attached to an aromatic ring is 1. The molecular formula is C12H13NO4. The van der Waals surface area contributed by atoms with Gasteiger partial charge in [0.15, 0.2) is 6.61 Å². The quantitative estimate of drug-likeness (QED) is 0.368. The highest BCUT2D eigenvalue weighted by molar-refractivity contribution is 5.88. The lowest BCUT2D eigenvalue weighted by molar-refractivity contribution is -0.150. The molecule has 90 valence electrons. The van der Waals surface area contributed by atoms with Crippen LogP contribution in [0.1, 0.15) is 6.92 Å². The average molecular weight is 235 g/mol. The van der Waals surface area contributed by atoms with Gasteiger partial charge in [0, 0.05) is 17.3 Å². The summed E-state index contributed by atoms with van der Waals surface area (Å²) in [5.41, 5.74) is 6.21. The molecule has 0 spiro atoms. The fraction of sp³-hybridized carbons (Fsp3) is 0.167. The number of anilines is 1. The van der Waals surface area contributed by atoms with E-state index in [9.17, 15) is 9.59 Å². The number of carbonyl (C=O) groups excluding carboxylic acids is 2. The van der Waals surface area contributed by atoms with Gasteiger partial charge in [0.05, 0.1) is 0 Å². The van der Waals surface area contributed by atoms with E-state index < -0.39 is 18.5 Å². The van der Waals surface area contributed by atoms with Crippen LogP contribution in [0.5, 0.6) is 5.75 Å². The predicted molar refractivity (Wildman–Crippen MR) is 62.3 cm³/mol. The highest BCUT2D eigenvalue weighted by atomic mass is 16.6. The first-order chi connectivity index (χ1) is 7.99. The van der Waals surface area contributed by atoms with Gasteiger partial charge in [-0.05, 0) is 19.1 Å². The molecule has 1 rings (SSSR count). The van der Waals surface area contributed by atoms with Crippen molar-refractivity contribution in [2.75, 3.05) is 12.3 Å². The lowest BCUT2D eigenvalue weighted by Gasteiger charge is -2.05. The Hall–Kier alpha value is -2.30. The lowest BCUT2D eigenvalue weighted by atomic mass is 10.3. The van der Waals surface area contributed by atoms with Gasteiger partial charge >= 0.3 is 11.9 Å². The van der Waals surface area contributed by atoms with Crippen molar-refractivity contribution in [3.05, 3.63) is 36.4 Å². The summed E-state index contributed by atoms with van der Waals surface area (Å²) in [6, 6.07) is 6.39. The third kappa shape index (κ3) is 4.38. The summed E-state index contributed by atoms with van der Waals surface area (Å²) < 4.78 is 9.52. The summed E-state index contributed by atoms with van der Waals surface area (Å²) in [4.78, 5) is 22.3. The molecule has 0 unspecified atom stereocenters. The summed E-state index contributed by atoms with van der Waals surface area (Å²) in [7, 11) is 0. The maximum Gasteiger partial charge on any atom is 0.349 e. The Kier molecular flexibility index (Phi) is 4.28. The Balaban J connectivity index is 2.45. The molecule has 17 heavy (non-hydrogen) atoms. The monoisotopic (exact) mass is 235 g/mol. The summed E-state index contributed by atoms with van der Waals surface area (Å²) in [6.07, 6.45) is 0. The van der Waals surface area contributed by atoms with Crippen molar-refractivity contribution < 1.29 is 19.1 Å². The van der Waals surface area contributed by atoms with Crippen LogP contribution in [0.25, 0.3) is 0 Å². The van der Waals surface area contributed by atoms with Crippen LogP contribution >= 0.6 is 0 Å². The smallest absolute Gasteiger partial charge is 0.349 e. The molecule has 0 atom stereocenters. The van der Waals surface area contributed by atoms with E-state index in [0.717, 1.165) is 0 Å². The first kappa shape index (κ1) is 12.8. The highest BCUT2D eigenvalue weighted by Gasteiger charge is 2.09. The van der Waals surface area contributed by atoms with Gasteiger partial charge in [-0.25, -0.2) is 9.59 Å². The minimum absolute atomic E-state index is 0.224. The minimum atomic E-state index is -0.676. The van der Waals surface area contributed by atoms with E-state index in [1.807, 2.05) is 0 Å². The zero-order chi connectivity index (χ0) is 12.8. The van der Waals surface area contributed by atoms with E-state index >= 15 is 0 Å². The van der Waals surface area contributed by atoms with Gasteiger partial charge in [-0.15, -0.1) is 0 Å². The zero-order valence-electron chi connectivity index (χ0n) is 9.43. The second-order valence-corrected chi connectivity index (χ2v) is 3.40. The van der Waals surface area contributed by atoms with Crippen molar-refractivity contribution in [2.24, 2.45) is 0 Å². The predicted octanol–water partition coefficient (Wildman–Crippen LogP) is 1.29. The second-order valence-electron chi connectivity index (χ2n) is 3.40. The van der Waals surface area contributed by atoms with Crippen molar-refractivity contribution >= 4 is 17.6 Å². The van der Waals surface area contributed by atoms with Crippen molar-refractivity contribution in [3.63, 3.8) is 0 Å². The number of rotatable bonds is 4. The molecule has 0 fully saturated rings. The SMILES string of the molecule is C=C(C)C(=O)OCC(=O)Oc1cccc(N)c1. The van der Waals surface area contributed by atoms with Crippen LogP contribution < -0.4 is 10.5 Å². The molecule has 1 aromatic rings. The van der Waals surface area contributed by atoms with E-state index in [2.05, 4.69) is 11.3 Å². The van der Waals surface area contributed by atoms with Gasteiger partial charge in [0.25, 0.3) is 0 Å². The molecule has 5 heteroatoms. The maximum absolute atomic E-state index is 11.3. The summed E-state index contributed by atoms with van der Waals surface area (Å²) >= 11 is 0.